The molecule has 0 unspecified atom stereocenters. The van der Waals surface area contributed by atoms with Gasteiger partial charge >= 0.3 is 5.97 Å². The van der Waals surface area contributed by atoms with Crippen LogP contribution < -0.4 is 0 Å². The van der Waals surface area contributed by atoms with Crippen LogP contribution in [0.3, 0.4) is 0 Å². The Labute approximate surface area is 117 Å². The lowest BCUT2D eigenvalue weighted by molar-refractivity contribution is -0.141. The molecule has 0 saturated carbocycles. The predicted molar refractivity (Wildman–Crippen MR) is 70.2 cm³/mol. The number of ether oxygens (including phenoxy) is 1. The zero-order valence-corrected chi connectivity index (χ0v) is 11.5. The van der Waals surface area contributed by atoms with Crippen molar-refractivity contribution < 1.29 is 9.53 Å². The molecule has 0 heterocycles. The largest absolute Gasteiger partial charge is 0.469 e. The predicted octanol–water partition coefficient (Wildman–Crippen LogP) is 2.14. The van der Waals surface area contributed by atoms with Crippen molar-refractivity contribution >= 4 is 5.97 Å². The molecule has 0 aliphatic rings. The second-order valence-corrected chi connectivity index (χ2v) is 4.92. The maximum absolute atomic E-state index is 11.5. The summed E-state index contributed by atoms with van der Waals surface area (Å²) in [5.74, 6) is -0.401. The highest BCUT2D eigenvalue weighted by Gasteiger charge is 2.28. The Bertz CT molecular complexity index is 670. The van der Waals surface area contributed by atoms with Crippen LogP contribution in [0, 0.1) is 34.0 Å². The fourth-order valence-electron chi connectivity index (χ4n) is 1.97. The van der Waals surface area contributed by atoms with Gasteiger partial charge in [0.2, 0.25) is 0 Å². The van der Waals surface area contributed by atoms with Crippen LogP contribution in [-0.4, -0.2) is 13.1 Å². The van der Waals surface area contributed by atoms with E-state index in [9.17, 15) is 10.1 Å². The van der Waals surface area contributed by atoms with Gasteiger partial charge in [0.15, 0.2) is 0 Å². The van der Waals surface area contributed by atoms with Gasteiger partial charge in [0, 0.05) is 5.41 Å². The van der Waals surface area contributed by atoms with E-state index in [2.05, 4.69) is 4.74 Å². The number of hydrogen-bond donors (Lipinski definition) is 0. The maximum atomic E-state index is 11.5. The normalized spacial score (nSPS) is 10.0. The molecule has 5 nitrogen and oxygen atoms in total. The van der Waals surface area contributed by atoms with E-state index in [1.807, 2.05) is 18.2 Å². The van der Waals surface area contributed by atoms with Crippen molar-refractivity contribution in [3.63, 3.8) is 0 Å². The van der Waals surface area contributed by atoms with Crippen molar-refractivity contribution in [2.45, 2.75) is 25.7 Å². The molecule has 1 aromatic carbocycles. The van der Waals surface area contributed by atoms with Crippen LogP contribution in [0.2, 0.25) is 0 Å². The zero-order chi connectivity index (χ0) is 15.3. The van der Waals surface area contributed by atoms with Crippen molar-refractivity contribution in [2.75, 3.05) is 7.11 Å². The standard InChI is InChI=1S/C15H13N3O2/c1-15(2,6-14(19)20-3)13-5-11(8-17)10(7-16)4-12(13)9-18/h4-5H,6H2,1-3H3. The molecule has 0 aliphatic heterocycles. The molecular weight excluding hydrogens is 254 g/mol. The SMILES string of the molecule is COC(=O)CC(C)(C)c1cc(C#N)c(C#N)cc1C#N. The fraction of sp³-hybridized carbons (Fsp3) is 0.333. The molecular formula is C15H13N3O2. The molecule has 0 saturated heterocycles. The molecule has 0 fully saturated rings. The molecule has 0 aromatic heterocycles. The first-order valence-electron chi connectivity index (χ1n) is 5.85. The number of carbonyl (C=O) groups is 1. The first-order valence-corrected chi connectivity index (χ1v) is 5.85. The summed E-state index contributed by atoms with van der Waals surface area (Å²) < 4.78 is 4.64. The number of benzene rings is 1. The van der Waals surface area contributed by atoms with Gasteiger partial charge in [-0.2, -0.15) is 15.8 Å². The molecule has 0 atom stereocenters. The summed E-state index contributed by atoms with van der Waals surface area (Å²) in [7, 11) is 1.29. The molecule has 0 bridgehead atoms. The molecule has 20 heavy (non-hydrogen) atoms. The van der Waals surface area contributed by atoms with E-state index >= 15 is 0 Å². The van der Waals surface area contributed by atoms with Gasteiger partial charge in [-0.1, -0.05) is 13.8 Å². The average molecular weight is 267 g/mol. The molecule has 0 spiro atoms. The lowest BCUT2D eigenvalue weighted by atomic mass is 9.78. The van der Waals surface area contributed by atoms with Gasteiger partial charge < -0.3 is 4.74 Å². The third-order valence-corrected chi connectivity index (χ3v) is 3.06. The summed E-state index contributed by atoms with van der Waals surface area (Å²) in [6.07, 6.45) is 0.0783. The minimum atomic E-state index is -0.669. The van der Waals surface area contributed by atoms with E-state index in [0.717, 1.165) is 0 Å². The first-order chi connectivity index (χ1) is 9.39. The molecule has 0 amide bonds. The molecule has 0 N–H and O–H groups in total. The molecule has 0 radical (unpaired) electrons. The van der Waals surface area contributed by atoms with Gasteiger partial charge in [-0.25, -0.2) is 0 Å². The number of esters is 1. The van der Waals surface area contributed by atoms with Crippen molar-refractivity contribution in [2.24, 2.45) is 0 Å². The van der Waals surface area contributed by atoms with Gasteiger partial charge in [-0.05, 0) is 17.7 Å². The summed E-state index contributed by atoms with van der Waals surface area (Å²) >= 11 is 0. The third-order valence-electron chi connectivity index (χ3n) is 3.06. The Kier molecular flexibility index (Phi) is 4.46. The number of carbonyl (C=O) groups excluding carboxylic acids is 1. The van der Waals surface area contributed by atoms with E-state index in [1.165, 1.54) is 19.2 Å². The van der Waals surface area contributed by atoms with Gasteiger partial charge in [0.25, 0.3) is 0 Å². The minimum Gasteiger partial charge on any atom is -0.469 e. The quantitative estimate of drug-likeness (QED) is 0.781. The van der Waals surface area contributed by atoms with Crippen molar-refractivity contribution in [1.82, 2.24) is 0 Å². The third kappa shape index (κ3) is 2.94. The van der Waals surface area contributed by atoms with Crippen LogP contribution in [0.15, 0.2) is 12.1 Å². The highest BCUT2D eigenvalue weighted by atomic mass is 16.5. The highest BCUT2D eigenvalue weighted by molar-refractivity contribution is 5.71. The highest BCUT2D eigenvalue weighted by Crippen LogP contribution is 2.32. The van der Waals surface area contributed by atoms with E-state index in [-0.39, 0.29) is 23.1 Å². The van der Waals surface area contributed by atoms with Crippen molar-refractivity contribution in [1.29, 1.82) is 15.8 Å². The van der Waals surface area contributed by atoms with Crippen LogP contribution in [0.1, 0.15) is 42.5 Å². The minimum absolute atomic E-state index is 0.0783. The maximum Gasteiger partial charge on any atom is 0.306 e. The number of methoxy groups -OCH3 is 1. The van der Waals surface area contributed by atoms with Crippen molar-refractivity contribution in [3.05, 3.63) is 34.4 Å². The van der Waals surface area contributed by atoms with Gasteiger partial charge in [0.1, 0.15) is 12.1 Å². The van der Waals surface area contributed by atoms with E-state index < -0.39 is 11.4 Å². The van der Waals surface area contributed by atoms with E-state index in [4.69, 9.17) is 10.5 Å². The Morgan fingerprint density at radius 2 is 1.60 bits per heavy atom. The van der Waals surface area contributed by atoms with E-state index in [1.54, 1.807) is 13.8 Å². The summed E-state index contributed by atoms with van der Waals surface area (Å²) in [4.78, 5) is 11.5. The lowest BCUT2D eigenvalue weighted by Gasteiger charge is -2.25. The number of hydrogen-bond acceptors (Lipinski definition) is 5. The molecule has 0 aliphatic carbocycles. The fourth-order valence-corrected chi connectivity index (χ4v) is 1.97. The molecule has 1 rings (SSSR count). The number of nitrogens with zero attached hydrogens (tertiary/aromatic N) is 3. The second kappa shape index (κ2) is 5.87. The Balaban J connectivity index is 3.46. The van der Waals surface area contributed by atoms with Gasteiger partial charge in [0.05, 0.1) is 36.3 Å². The number of nitriles is 3. The summed E-state index contributed by atoms with van der Waals surface area (Å²) in [6, 6.07) is 8.70. The molecule has 5 heteroatoms. The molecule has 100 valence electrons. The zero-order valence-electron chi connectivity index (χ0n) is 11.5. The van der Waals surface area contributed by atoms with Crippen LogP contribution in [0.5, 0.6) is 0 Å². The summed E-state index contributed by atoms with van der Waals surface area (Å²) in [6.45, 7) is 3.57. The van der Waals surface area contributed by atoms with E-state index in [0.29, 0.717) is 5.56 Å². The Morgan fingerprint density at radius 1 is 1.10 bits per heavy atom. The van der Waals surface area contributed by atoms with Crippen LogP contribution in [0.25, 0.3) is 0 Å². The second-order valence-electron chi connectivity index (χ2n) is 4.92. The summed E-state index contributed by atoms with van der Waals surface area (Å²) in [5, 5.41) is 27.2. The van der Waals surface area contributed by atoms with Crippen LogP contribution in [-0.2, 0) is 14.9 Å². The number of rotatable bonds is 3. The molecule has 1 aromatic rings. The average Bonchev–Trinajstić information content (AvgIpc) is 2.44. The summed E-state index contributed by atoms with van der Waals surface area (Å²) in [5.41, 5.74) is 0.522. The Hall–Kier alpha value is -2.84. The smallest absolute Gasteiger partial charge is 0.306 e. The Morgan fingerprint density at radius 3 is 2.05 bits per heavy atom. The topological polar surface area (TPSA) is 97.7 Å². The lowest BCUT2D eigenvalue weighted by Crippen LogP contribution is -2.24. The van der Waals surface area contributed by atoms with Crippen molar-refractivity contribution in [3.8, 4) is 18.2 Å². The van der Waals surface area contributed by atoms with Crippen LogP contribution >= 0.6 is 0 Å². The van der Waals surface area contributed by atoms with Crippen LogP contribution in [0.4, 0.5) is 0 Å². The monoisotopic (exact) mass is 267 g/mol. The van der Waals surface area contributed by atoms with Gasteiger partial charge in [-0.15, -0.1) is 0 Å². The first kappa shape index (κ1) is 15.2. The van der Waals surface area contributed by atoms with Gasteiger partial charge in [-0.3, -0.25) is 4.79 Å².